The van der Waals surface area contributed by atoms with Crippen LogP contribution in [-0.4, -0.2) is 36.2 Å². The van der Waals surface area contributed by atoms with Crippen LogP contribution in [-0.2, 0) is 4.74 Å². The Kier molecular flexibility index (Phi) is 4.64. The van der Waals surface area contributed by atoms with Gasteiger partial charge >= 0.3 is 0 Å². The second kappa shape index (κ2) is 6.23. The van der Waals surface area contributed by atoms with Crippen molar-refractivity contribution in [1.29, 1.82) is 5.26 Å². The zero-order valence-corrected chi connectivity index (χ0v) is 11.1. The summed E-state index contributed by atoms with van der Waals surface area (Å²) in [6.07, 6.45) is 1.54. The number of halogens is 2. The Labute approximate surface area is 116 Å². The highest BCUT2D eigenvalue weighted by molar-refractivity contribution is 6.67. The monoisotopic (exact) mass is 284 g/mol. The maximum absolute atomic E-state index is 8.89. The number of anilines is 1. The van der Waals surface area contributed by atoms with E-state index in [1.807, 2.05) is 0 Å². The second-order valence-electron chi connectivity index (χ2n) is 4.10. The molecule has 1 aliphatic heterocycles. The van der Waals surface area contributed by atoms with Crippen LogP contribution in [0.25, 0.3) is 0 Å². The summed E-state index contributed by atoms with van der Waals surface area (Å²) in [6.45, 7) is 1.26. The molecule has 1 N–H and O–H groups in total. The lowest BCUT2D eigenvalue weighted by molar-refractivity contribution is 0.0756. The molecule has 0 radical (unpaired) electrons. The molecular weight excluding hydrogens is 274 g/mol. The van der Waals surface area contributed by atoms with E-state index in [-0.39, 0.29) is 23.1 Å². The molecule has 0 saturated carbocycles. The van der Waals surface area contributed by atoms with Crippen molar-refractivity contribution >= 4 is 35.6 Å². The van der Waals surface area contributed by atoms with Crippen molar-refractivity contribution in [3.05, 3.63) is 16.4 Å². The quantitative estimate of drug-likeness (QED) is 0.861. The van der Waals surface area contributed by atoms with E-state index >= 15 is 0 Å². The molecule has 1 aliphatic rings. The first-order valence-corrected chi connectivity index (χ1v) is 6.38. The predicted molar refractivity (Wildman–Crippen MR) is 71.3 cm³/mol. The van der Waals surface area contributed by atoms with E-state index in [2.05, 4.69) is 21.5 Å². The summed E-state index contributed by atoms with van der Waals surface area (Å²) < 4.78 is 5.58. The first-order valence-electron chi connectivity index (χ1n) is 5.63. The Hall–Kier alpha value is -1.03. The molecule has 94 valence electrons. The van der Waals surface area contributed by atoms with Gasteiger partial charge in [-0.1, -0.05) is 23.2 Å². The van der Waals surface area contributed by atoms with Gasteiger partial charge in [0.2, 0.25) is 0 Å². The average Bonchev–Trinajstić information content (AvgIpc) is 2.40. The average molecular weight is 285 g/mol. The Morgan fingerprint density at radius 2 is 2.39 bits per heavy atom. The van der Waals surface area contributed by atoms with Crippen molar-refractivity contribution in [2.24, 2.45) is 0 Å². The number of hydrogen-bond acceptors (Lipinski definition) is 5. The molecule has 0 aromatic carbocycles. The van der Waals surface area contributed by atoms with Gasteiger partial charge in [0.15, 0.2) is 10.3 Å². The summed E-state index contributed by atoms with van der Waals surface area (Å²) in [5.74, 6) is 2.28. The molecular formula is C10H11BCl2N4O. The molecule has 5 nitrogen and oxygen atoms in total. The van der Waals surface area contributed by atoms with E-state index in [4.69, 9.17) is 33.2 Å². The lowest BCUT2D eigenvalue weighted by Gasteiger charge is -2.24. The van der Waals surface area contributed by atoms with E-state index < -0.39 is 0 Å². The van der Waals surface area contributed by atoms with E-state index in [0.717, 1.165) is 12.6 Å². The minimum Gasteiger partial charge on any atom is -0.380 e. The first kappa shape index (κ1) is 13.4. The van der Waals surface area contributed by atoms with Crippen molar-refractivity contribution in [3.63, 3.8) is 0 Å². The number of ether oxygens (including phenoxy) is 1. The summed E-state index contributed by atoms with van der Waals surface area (Å²) in [5, 5.41) is 19.9. The van der Waals surface area contributed by atoms with E-state index in [0.29, 0.717) is 18.8 Å². The van der Waals surface area contributed by atoms with Crippen LogP contribution in [0, 0.1) is 11.2 Å². The van der Waals surface area contributed by atoms with Gasteiger partial charge in [-0.3, -0.25) is 0 Å². The van der Waals surface area contributed by atoms with Crippen LogP contribution < -0.4 is 5.32 Å². The second-order valence-corrected chi connectivity index (χ2v) is 4.84. The molecule has 1 aromatic rings. The molecule has 0 aliphatic carbocycles. The van der Waals surface area contributed by atoms with Gasteiger partial charge in [-0.15, -0.1) is 10.2 Å². The molecule has 0 bridgehead atoms. The van der Waals surface area contributed by atoms with Crippen molar-refractivity contribution in [2.75, 3.05) is 18.5 Å². The lowest BCUT2D eigenvalue weighted by atomic mass is 9.45. The minimum atomic E-state index is 0.00593. The standard InChI is InChI=1S/C10H11BCl2N4O/c12-9-3-8(10(13)17-16-9)15-5-7-4-11(6-14)1-2-18-7/h3,7H,1-2,4-5H2,(H,15,16). The first-order chi connectivity index (χ1) is 8.69. The number of aromatic nitrogens is 2. The van der Waals surface area contributed by atoms with Gasteiger partial charge < -0.3 is 10.1 Å². The summed E-state index contributed by atoms with van der Waals surface area (Å²) in [4.78, 5) is 0. The number of nitriles is 1. The molecule has 1 atom stereocenters. The molecule has 18 heavy (non-hydrogen) atoms. The number of hydrogen-bond donors (Lipinski definition) is 1. The SMILES string of the molecule is N#CB1CCOC(CNc2cc(Cl)nnc2Cl)C1. The Morgan fingerprint density at radius 3 is 3.17 bits per heavy atom. The zero-order valence-electron chi connectivity index (χ0n) is 9.57. The molecule has 1 saturated heterocycles. The Bertz CT molecular complexity index is 468. The molecule has 8 heteroatoms. The third-order valence-electron chi connectivity index (χ3n) is 2.79. The van der Waals surface area contributed by atoms with Crippen LogP contribution >= 0.6 is 23.2 Å². The lowest BCUT2D eigenvalue weighted by Crippen LogP contribution is -2.34. The highest BCUT2D eigenvalue weighted by atomic mass is 35.5. The highest BCUT2D eigenvalue weighted by Crippen LogP contribution is 2.22. The van der Waals surface area contributed by atoms with Gasteiger partial charge in [0, 0.05) is 25.2 Å². The third-order valence-corrected chi connectivity index (χ3v) is 3.25. The van der Waals surface area contributed by atoms with Crippen molar-refractivity contribution in [2.45, 2.75) is 18.7 Å². The van der Waals surface area contributed by atoms with Crippen molar-refractivity contribution in [3.8, 4) is 5.97 Å². The van der Waals surface area contributed by atoms with Gasteiger partial charge in [-0.25, -0.2) is 5.26 Å². The van der Waals surface area contributed by atoms with E-state index in [9.17, 15) is 0 Å². The predicted octanol–water partition coefficient (Wildman–Crippen LogP) is 2.15. The van der Waals surface area contributed by atoms with Gasteiger partial charge in [-0.2, -0.15) is 0 Å². The van der Waals surface area contributed by atoms with Gasteiger partial charge in [0.05, 0.1) is 11.8 Å². The van der Waals surface area contributed by atoms with Gasteiger partial charge in [0.1, 0.15) is 0 Å². The summed E-state index contributed by atoms with van der Waals surface area (Å²) in [7, 11) is 0. The smallest absolute Gasteiger partial charge is 0.272 e. The van der Waals surface area contributed by atoms with Gasteiger partial charge in [0.25, 0.3) is 6.71 Å². The zero-order chi connectivity index (χ0) is 13.0. The fourth-order valence-electron chi connectivity index (χ4n) is 1.84. The summed E-state index contributed by atoms with van der Waals surface area (Å²) in [6, 6.07) is 1.61. The van der Waals surface area contributed by atoms with E-state index in [1.165, 1.54) is 0 Å². The molecule has 1 aromatic heterocycles. The van der Waals surface area contributed by atoms with Crippen LogP contribution in [0.4, 0.5) is 5.69 Å². The maximum Gasteiger partial charge on any atom is 0.272 e. The Balaban J connectivity index is 1.91. The number of nitrogens with one attached hydrogen (secondary N) is 1. The normalized spacial score (nSPS) is 19.4. The topological polar surface area (TPSA) is 70.8 Å². The molecule has 1 unspecified atom stereocenters. The summed E-state index contributed by atoms with van der Waals surface area (Å²) >= 11 is 11.6. The molecule has 0 spiro atoms. The van der Waals surface area contributed by atoms with Gasteiger partial charge in [-0.05, 0) is 12.6 Å². The summed E-state index contributed by atoms with van der Waals surface area (Å²) in [5.41, 5.74) is 0.624. The van der Waals surface area contributed by atoms with E-state index in [1.54, 1.807) is 6.07 Å². The molecule has 1 fully saturated rings. The minimum absolute atomic E-state index is 0.00593. The van der Waals surface area contributed by atoms with Crippen LogP contribution in [0.5, 0.6) is 0 Å². The third kappa shape index (κ3) is 3.48. The van der Waals surface area contributed by atoms with Crippen molar-refractivity contribution in [1.82, 2.24) is 10.2 Å². The molecule has 0 amide bonds. The van der Waals surface area contributed by atoms with Crippen LogP contribution in [0.2, 0.25) is 22.9 Å². The van der Waals surface area contributed by atoms with Crippen molar-refractivity contribution < 1.29 is 4.74 Å². The van der Waals surface area contributed by atoms with Crippen LogP contribution in [0.1, 0.15) is 0 Å². The van der Waals surface area contributed by atoms with Crippen LogP contribution in [0.15, 0.2) is 6.07 Å². The maximum atomic E-state index is 8.89. The van der Waals surface area contributed by atoms with Crippen LogP contribution in [0.3, 0.4) is 0 Å². The fourth-order valence-corrected chi connectivity index (χ4v) is 2.15. The largest absolute Gasteiger partial charge is 0.380 e. The number of nitrogens with zero attached hydrogens (tertiary/aromatic N) is 3. The highest BCUT2D eigenvalue weighted by Gasteiger charge is 2.25. The fraction of sp³-hybridized carbons (Fsp3) is 0.500. The molecule has 2 heterocycles. The molecule has 2 rings (SSSR count). The number of rotatable bonds is 3. The Morgan fingerprint density at radius 1 is 1.56 bits per heavy atom.